The summed E-state index contributed by atoms with van der Waals surface area (Å²) in [4.78, 5) is 49.0. The first-order chi connectivity index (χ1) is 16.1. The Morgan fingerprint density at radius 1 is 1.00 bits per heavy atom. The Kier molecular flexibility index (Phi) is 7.30. The summed E-state index contributed by atoms with van der Waals surface area (Å²) >= 11 is 0. The minimum absolute atomic E-state index is 0.0217. The number of hydrogen-bond acceptors (Lipinski definition) is 8. The lowest BCUT2D eigenvalue weighted by Gasteiger charge is -2.08. The van der Waals surface area contributed by atoms with Crippen molar-refractivity contribution in [3.8, 4) is 5.69 Å². The molecule has 0 radical (unpaired) electrons. The van der Waals surface area contributed by atoms with Crippen LogP contribution in [-0.4, -0.2) is 46.6 Å². The molecule has 3 aromatic rings. The van der Waals surface area contributed by atoms with Gasteiger partial charge in [-0.15, -0.1) is 0 Å². The number of benzene rings is 1. The SMILES string of the molecule is CCOC(=O)c1c(NC(=O)COC(=O)c2ccc(-n3nc(C)cc3C)cc2)oc(C)c1C(C)=O. The molecule has 0 aliphatic rings. The van der Waals surface area contributed by atoms with Gasteiger partial charge in [-0.25, -0.2) is 14.3 Å². The second kappa shape index (κ2) is 10.2. The van der Waals surface area contributed by atoms with Crippen molar-refractivity contribution in [3.63, 3.8) is 0 Å². The number of anilines is 1. The quantitative estimate of drug-likeness (QED) is 0.393. The van der Waals surface area contributed by atoms with E-state index in [-0.39, 0.29) is 34.9 Å². The summed E-state index contributed by atoms with van der Waals surface area (Å²) in [5.74, 6) is -2.76. The molecule has 34 heavy (non-hydrogen) atoms. The predicted octanol–water partition coefficient (Wildman–Crippen LogP) is 3.57. The Hall–Kier alpha value is -4.21. The number of furan rings is 1. The topological polar surface area (TPSA) is 130 Å². The van der Waals surface area contributed by atoms with Crippen LogP contribution in [-0.2, 0) is 14.3 Å². The molecule has 3 rings (SSSR count). The fourth-order valence-corrected chi connectivity index (χ4v) is 3.46. The summed E-state index contributed by atoms with van der Waals surface area (Å²) in [6.45, 7) is 7.63. The highest BCUT2D eigenvalue weighted by Crippen LogP contribution is 2.28. The molecule has 0 aliphatic heterocycles. The van der Waals surface area contributed by atoms with Crippen molar-refractivity contribution >= 4 is 29.5 Å². The van der Waals surface area contributed by atoms with E-state index in [1.54, 1.807) is 35.9 Å². The number of rotatable bonds is 8. The minimum atomic E-state index is -0.806. The molecule has 1 aromatic carbocycles. The van der Waals surface area contributed by atoms with E-state index in [0.717, 1.165) is 17.1 Å². The molecular weight excluding hydrogens is 442 g/mol. The molecule has 0 aliphatic carbocycles. The van der Waals surface area contributed by atoms with Crippen LogP contribution in [0.3, 0.4) is 0 Å². The predicted molar refractivity (Wildman–Crippen MR) is 121 cm³/mol. The third-order valence-electron chi connectivity index (χ3n) is 4.86. The number of amides is 1. The molecule has 1 N–H and O–H groups in total. The number of aryl methyl sites for hydroxylation is 3. The smallest absolute Gasteiger partial charge is 0.344 e. The number of hydrogen-bond donors (Lipinski definition) is 1. The average molecular weight is 467 g/mol. The van der Waals surface area contributed by atoms with Gasteiger partial charge >= 0.3 is 11.9 Å². The normalized spacial score (nSPS) is 10.6. The monoisotopic (exact) mass is 467 g/mol. The Labute approximate surface area is 195 Å². The van der Waals surface area contributed by atoms with Crippen molar-refractivity contribution < 1.29 is 33.1 Å². The lowest BCUT2D eigenvalue weighted by molar-refractivity contribution is -0.119. The fraction of sp³-hybridized carbons (Fsp3) is 0.292. The van der Waals surface area contributed by atoms with Crippen molar-refractivity contribution in [1.29, 1.82) is 0 Å². The summed E-state index contributed by atoms with van der Waals surface area (Å²) in [6, 6.07) is 8.52. The van der Waals surface area contributed by atoms with Crippen LogP contribution >= 0.6 is 0 Å². The maximum absolute atomic E-state index is 12.4. The molecule has 2 aromatic heterocycles. The Bertz CT molecular complexity index is 1250. The highest BCUT2D eigenvalue weighted by atomic mass is 16.5. The maximum atomic E-state index is 12.4. The highest BCUT2D eigenvalue weighted by Gasteiger charge is 2.29. The van der Waals surface area contributed by atoms with E-state index in [0.29, 0.717) is 0 Å². The summed E-state index contributed by atoms with van der Waals surface area (Å²) in [6.07, 6.45) is 0. The first-order valence-corrected chi connectivity index (χ1v) is 10.5. The third kappa shape index (κ3) is 5.22. The molecule has 10 heteroatoms. The molecular formula is C24H25N3O7. The number of carbonyl (C=O) groups is 4. The molecule has 10 nitrogen and oxygen atoms in total. The van der Waals surface area contributed by atoms with Gasteiger partial charge in [0.2, 0.25) is 5.88 Å². The van der Waals surface area contributed by atoms with E-state index < -0.39 is 30.2 Å². The van der Waals surface area contributed by atoms with E-state index >= 15 is 0 Å². The van der Waals surface area contributed by atoms with Gasteiger partial charge in [0.1, 0.15) is 11.3 Å². The second-order valence-electron chi connectivity index (χ2n) is 7.52. The number of ether oxygens (including phenoxy) is 2. The van der Waals surface area contributed by atoms with Crippen molar-refractivity contribution in [2.75, 3.05) is 18.5 Å². The van der Waals surface area contributed by atoms with E-state index in [4.69, 9.17) is 13.9 Å². The zero-order valence-electron chi connectivity index (χ0n) is 19.6. The lowest BCUT2D eigenvalue weighted by atomic mass is 10.1. The van der Waals surface area contributed by atoms with Crippen LogP contribution in [0.4, 0.5) is 5.88 Å². The second-order valence-corrected chi connectivity index (χ2v) is 7.52. The number of aromatic nitrogens is 2. The van der Waals surface area contributed by atoms with Crippen molar-refractivity contribution in [2.45, 2.75) is 34.6 Å². The minimum Gasteiger partial charge on any atom is -0.462 e. The standard InChI is InChI=1S/C24H25N3O7/c1-6-32-24(31)21-20(15(4)28)16(5)34-22(21)25-19(29)12-33-23(30)17-7-9-18(10-8-17)27-14(3)11-13(2)26-27/h7-11H,6,12H2,1-5H3,(H,25,29). The Morgan fingerprint density at radius 2 is 1.68 bits per heavy atom. The largest absolute Gasteiger partial charge is 0.462 e. The Morgan fingerprint density at radius 3 is 2.24 bits per heavy atom. The van der Waals surface area contributed by atoms with Gasteiger partial charge in [-0.1, -0.05) is 0 Å². The fourth-order valence-electron chi connectivity index (χ4n) is 3.46. The van der Waals surface area contributed by atoms with Crippen molar-refractivity contribution in [1.82, 2.24) is 9.78 Å². The molecule has 178 valence electrons. The molecule has 0 atom stereocenters. The molecule has 0 saturated heterocycles. The van der Waals surface area contributed by atoms with Crippen LogP contribution in [0.25, 0.3) is 5.69 Å². The number of nitrogens with zero attached hydrogens (tertiary/aromatic N) is 2. The van der Waals surface area contributed by atoms with E-state index in [9.17, 15) is 19.2 Å². The van der Waals surface area contributed by atoms with E-state index in [2.05, 4.69) is 10.4 Å². The number of esters is 2. The van der Waals surface area contributed by atoms with Crippen LogP contribution in [0.15, 0.2) is 34.7 Å². The number of Topliss-reactive ketones (excluding diaryl/α,β-unsaturated/α-hetero) is 1. The number of nitrogens with one attached hydrogen (secondary N) is 1. The molecule has 0 spiro atoms. The van der Waals surface area contributed by atoms with E-state index in [1.165, 1.54) is 13.8 Å². The number of carbonyl (C=O) groups excluding carboxylic acids is 4. The van der Waals surface area contributed by atoms with Crippen LogP contribution in [0.1, 0.15) is 62.1 Å². The summed E-state index contributed by atoms with van der Waals surface area (Å²) < 4.78 is 17.2. The van der Waals surface area contributed by atoms with Crippen LogP contribution in [0, 0.1) is 20.8 Å². The average Bonchev–Trinajstić information content (AvgIpc) is 3.29. The zero-order chi connectivity index (χ0) is 25.0. The molecule has 0 saturated carbocycles. The van der Waals surface area contributed by atoms with Gasteiger partial charge in [-0.05, 0) is 65.0 Å². The van der Waals surface area contributed by atoms with Gasteiger partial charge in [-0.3, -0.25) is 14.9 Å². The molecule has 1 amide bonds. The van der Waals surface area contributed by atoms with Gasteiger partial charge in [0.25, 0.3) is 5.91 Å². The maximum Gasteiger partial charge on any atom is 0.344 e. The van der Waals surface area contributed by atoms with Gasteiger partial charge in [0.15, 0.2) is 12.4 Å². The van der Waals surface area contributed by atoms with Gasteiger partial charge in [-0.2, -0.15) is 5.10 Å². The molecule has 2 heterocycles. The molecule has 0 fully saturated rings. The van der Waals surface area contributed by atoms with Crippen molar-refractivity contribution in [3.05, 3.63) is 64.2 Å². The molecule has 0 unspecified atom stereocenters. The lowest BCUT2D eigenvalue weighted by Crippen LogP contribution is -2.22. The first-order valence-electron chi connectivity index (χ1n) is 10.5. The summed E-state index contributed by atoms with van der Waals surface area (Å²) in [7, 11) is 0. The summed E-state index contributed by atoms with van der Waals surface area (Å²) in [5, 5.41) is 6.75. The zero-order valence-corrected chi connectivity index (χ0v) is 19.6. The van der Waals surface area contributed by atoms with Crippen LogP contribution in [0.5, 0.6) is 0 Å². The van der Waals surface area contributed by atoms with Crippen LogP contribution in [0.2, 0.25) is 0 Å². The highest BCUT2D eigenvalue weighted by molar-refractivity contribution is 6.10. The van der Waals surface area contributed by atoms with Crippen molar-refractivity contribution in [2.24, 2.45) is 0 Å². The third-order valence-corrected chi connectivity index (χ3v) is 4.86. The number of ketones is 1. The molecule has 0 bridgehead atoms. The van der Waals surface area contributed by atoms with E-state index in [1.807, 2.05) is 19.9 Å². The van der Waals surface area contributed by atoms with Crippen LogP contribution < -0.4 is 5.32 Å². The van der Waals surface area contributed by atoms with Gasteiger partial charge in [0, 0.05) is 5.69 Å². The first kappa shape index (κ1) is 24.4. The van der Waals surface area contributed by atoms with Gasteiger partial charge in [0.05, 0.1) is 29.1 Å². The Balaban J connectivity index is 1.67. The summed E-state index contributed by atoms with van der Waals surface area (Å²) in [5.41, 5.74) is 2.70. The van der Waals surface area contributed by atoms with Gasteiger partial charge < -0.3 is 13.9 Å².